The van der Waals surface area contributed by atoms with Gasteiger partial charge in [-0.2, -0.15) is 0 Å². The number of ether oxygens (including phenoxy) is 4. The first kappa shape index (κ1) is 14.3. The van der Waals surface area contributed by atoms with Crippen LogP contribution in [0, 0.1) is 5.92 Å². The van der Waals surface area contributed by atoms with Gasteiger partial charge in [-0.25, -0.2) is 0 Å². The molecule has 5 heteroatoms. The van der Waals surface area contributed by atoms with Gasteiger partial charge in [-0.1, -0.05) is 6.07 Å². The third-order valence-electron chi connectivity index (χ3n) is 4.95. The minimum Gasteiger partial charge on any atom is -0.454 e. The largest absolute Gasteiger partial charge is 0.454 e. The number of rotatable bonds is 5. The summed E-state index contributed by atoms with van der Waals surface area (Å²) < 4.78 is 22.5. The topological polar surface area (TPSA) is 40.2 Å². The van der Waals surface area contributed by atoms with Crippen LogP contribution in [0.3, 0.4) is 0 Å². The van der Waals surface area contributed by atoms with Crippen molar-refractivity contribution >= 4 is 0 Å². The standard InChI is InChI=1S/C17H23NO4/c1-2-19-9-14-5-6-22-17(14)10-18(11-17)8-13-3-4-15-16(7-13)21-12-20-15/h3-4,7,14H,2,5-6,8-12H2,1H3/t14-/m1/s1. The van der Waals surface area contributed by atoms with Crippen molar-refractivity contribution in [1.29, 1.82) is 0 Å². The highest BCUT2D eigenvalue weighted by molar-refractivity contribution is 5.44. The quantitative estimate of drug-likeness (QED) is 0.832. The molecule has 2 saturated heterocycles. The van der Waals surface area contributed by atoms with E-state index in [4.69, 9.17) is 18.9 Å². The van der Waals surface area contributed by atoms with Gasteiger partial charge in [0.15, 0.2) is 11.5 Å². The average molecular weight is 305 g/mol. The zero-order valence-electron chi connectivity index (χ0n) is 13.0. The fourth-order valence-corrected chi connectivity index (χ4v) is 3.75. The van der Waals surface area contributed by atoms with E-state index in [-0.39, 0.29) is 5.60 Å². The van der Waals surface area contributed by atoms with Crippen LogP contribution < -0.4 is 9.47 Å². The van der Waals surface area contributed by atoms with Gasteiger partial charge in [0.1, 0.15) is 0 Å². The Bertz CT molecular complexity index is 541. The van der Waals surface area contributed by atoms with Gasteiger partial charge in [-0.15, -0.1) is 0 Å². The molecule has 2 fully saturated rings. The third kappa shape index (κ3) is 2.47. The van der Waals surface area contributed by atoms with Gasteiger partial charge >= 0.3 is 0 Å². The first-order chi connectivity index (χ1) is 10.8. The molecule has 4 rings (SSSR count). The van der Waals surface area contributed by atoms with Gasteiger partial charge in [-0.05, 0) is 31.0 Å². The molecule has 0 saturated carbocycles. The minimum absolute atomic E-state index is 0.0332. The number of fused-ring (bicyclic) bond motifs is 1. The summed E-state index contributed by atoms with van der Waals surface area (Å²) in [6, 6.07) is 6.20. The van der Waals surface area contributed by atoms with Crippen LogP contribution in [0.25, 0.3) is 0 Å². The molecule has 1 aromatic carbocycles. The van der Waals surface area contributed by atoms with E-state index in [0.29, 0.717) is 12.7 Å². The van der Waals surface area contributed by atoms with E-state index >= 15 is 0 Å². The molecule has 0 aliphatic carbocycles. The van der Waals surface area contributed by atoms with E-state index in [2.05, 4.69) is 24.0 Å². The number of nitrogens with zero attached hydrogens (tertiary/aromatic N) is 1. The summed E-state index contributed by atoms with van der Waals surface area (Å²) in [5.74, 6) is 2.25. The average Bonchev–Trinajstić information content (AvgIpc) is 3.10. The monoisotopic (exact) mass is 305 g/mol. The van der Waals surface area contributed by atoms with Crippen LogP contribution in [0.5, 0.6) is 11.5 Å². The Morgan fingerprint density at radius 1 is 1.27 bits per heavy atom. The second-order valence-electron chi connectivity index (χ2n) is 6.39. The van der Waals surface area contributed by atoms with Crippen molar-refractivity contribution in [3.63, 3.8) is 0 Å². The maximum absolute atomic E-state index is 6.06. The fourth-order valence-electron chi connectivity index (χ4n) is 3.75. The Hall–Kier alpha value is -1.30. The van der Waals surface area contributed by atoms with Crippen LogP contribution in [-0.4, -0.2) is 50.2 Å². The van der Waals surface area contributed by atoms with Crippen molar-refractivity contribution in [2.75, 3.05) is 39.7 Å². The number of hydrogen-bond acceptors (Lipinski definition) is 5. The molecule has 0 radical (unpaired) electrons. The Labute approximate surface area is 131 Å². The normalized spacial score (nSPS) is 25.6. The molecule has 0 aromatic heterocycles. The predicted molar refractivity (Wildman–Crippen MR) is 81.1 cm³/mol. The highest BCUT2D eigenvalue weighted by Crippen LogP contribution is 2.41. The smallest absolute Gasteiger partial charge is 0.231 e. The van der Waals surface area contributed by atoms with Gasteiger partial charge in [0.2, 0.25) is 6.79 Å². The lowest BCUT2D eigenvalue weighted by atomic mass is 9.81. The first-order valence-electron chi connectivity index (χ1n) is 8.12. The van der Waals surface area contributed by atoms with Crippen LogP contribution in [0.4, 0.5) is 0 Å². The fraction of sp³-hybridized carbons (Fsp3) is 0.647. The van der Waals surface area contributed by atoms with E-state index in [1.54, 1.807) is 0 Å². The number of likely N-dealkylation sites (tertiary alicyclic amines) is 1. The Morgan fingerprint density at radius 3 is 3.00 bits per heavy atom. The van der Waals surface area contributed by atoms with E-state index in [1.165, 1.54) is 5.56 Å². The minimum atomic E-state index is 0.0332. The van der Waals surface area contributed by atoms with E-state index in [1.807, 2.05) is 6.07 Å². The molecule has 5 nitrogen and oxygen atoms in total. The molecule has 0 N–H and O–H groups in total. The molecule has 1 spiro atoms. The highest BCUT2D eigenvalue weighted by atomic mass is 16.7. The molecule has 1 aromatic rings. The molecule has 0 amide bonds. The van der Waals surface area contributed by atoms with Gasteiger partial charge in [0.05, 0.1) is 12.2 Å². The van der Waals surface area contributed by atoms with Gasteiger partial charge in [0, 0.05) is 38.8 Å². The molecule has 3 aliphatic heterocycles. The summed E-state index contributed by atoms with van der Waals surface area (Å²) in [6.45, 7) is 7.80. The van der Waals surface area contributed by atoms with Crippen LogP contribution in [0.1, 0.15) is 18.9 Å². The summed E-state index contributed by atoms with van der Waals surface area (Å²) in [5, 5.41) is 0. The molecule has 1 atom stereocenters. The molecule has 22 heavy (non-hydrogen) atoms. The summed E-state index contributed by atoms with van der Waals surface area (Å²) in [4.78, 5) is 2.43. The molecular formula is C17H23NO4. The molecule has 0 bridgehead atoms. The Morgan fingerprint density at radius 2 is 2.14 bits per heavy atom. The molecule has 3 aliphatic rings. The van der Waals surface area contributed by atoms with Crippen molar-refractivity contribution < 1.29 is 18.9 Å². The van der Waals surface area contributed by atoms with Gasteiger partial charge < -0.3 is 18.9 Å². The zero-order valence-corrected chi connectivity index (χ0v) is 13.0. The lowest BCUT2D eigenvalue weighted by Gasteiger charge is -2.50. The molecule has 0 unspecified atom stereocenters. The lowest BCUT2D eigenvalue weighted by Crippen LogP contribution is -2.64. The molecule has 120 valence electrons. The summed E-state index contributed by atoms with van der Waals surface area (Å²) in [7, 11) is 0. The van der Waals surface area contributed by atoms with Gasteiger partial charge in [-0.3, -0.25) is 4.90 Å². The molecule has 3 heterocycles. The maximum Gasteiger partial charge on any atom is 0.231 e. The summed E-state index contributed by atoms with van der Waals surface area (Å²) >= 11 is 0. The first-order valence-corrected chi connectivity index (χ1v) is 8.12. The van der Waals surface area contributed by atoms with Crippen LogP contribution in [-0.2, 0) is 16.0 Å². The Balaban J connectivity index is 1.35. The van der Waals surface area contributed by atoms with Crippen LogP contribution in [0.15, 0.2) is 18.2 Å². The zero-order chi connectivity index (χ0) is 15.0. The van der Waals surface area contributed by atoms with Crippen molar-refractivity contribution in [2.24, 2.45) is 5.92 Å². The van der Waals surface area contributed by atoms with Crippen molar-refractivity contribution in [3.8, 4) is 11.5 Å². The third-order valence-corrected chi connectivity index (χ3v) is 4.95. The highest BCUT2D eigenvalue weighted by Gasteiger charge is 2.52. The second-order valence-corrected chi connectivity index (χ2v) is 6.39. The maximum atomic E-state index is 6.06. The number of benzene rings is 1. The van der Waals surface area contributed by atoms with Gasteiger partial charge in [0.25, 0.3) is 0 Å². The van der Waals surface area contributed by atoms with E-state index in [0.717, 1.165) is 57.4 Å². The van der Waals surface area contributed by atoms with Crippen LogP contribution >= 0.6 is 0 Å². The Kier molecular flexibility index (Phi) is 3.72. The lowest BCUT2D eigenvalue weighted by molar-refractivity contribution is -0.145. The van der Waals surface area contributed by atoms with E-state index in [9.17, 15) is 0 Å². The summed E-state index contributed by atoms with van der Waals surface area (Å²) in [6.07, 6.45) is 1.12. The van der Waals surface area contributed by atoms with Crippen molar-refractivity contribution in [1.82, 2.24) is 4.90 Å². The van der Waals surface area contributed by atoms with Crippen molar-refractivity contribution in [3.05, 3.63) is 23.8 Å². The van der Waals surface area contributed by atoms with Crippen molar-refractivity contribution in [2.45, 2.75) is 25.5 Å². The van der Waals surface area contributed by atoms with Crippen LogP contribution in [0.2, 0.25) is 0 Å². The summed E-state index contributed by atoms with van der Waals surface area (Å²) in [5.41, 5.74) is 1.30. The van der Waals surface area contributed by atoms with E-state index < -0.39 is 0 Å². The molecular weight excluding hydrogens is 282 g/mol. The number of hydrogen-bond donors (Lipinski definition) is 0. The SMILES string of the molecule is CCOC[C@H]1CCOC12CN(Cc1ccc3c(c1)OCO3)C2. The second kappa shape index (κ2) is 5.72. The predicted octanol–water partition coefficient (Wildman–Crippen LogP) is 2.04.